The molecule has 5 nitrogen and oxygen atoms in total. The molecule has 1 amide bonds. The number of likely N-dealkylation sites (tertiary alicyclic amines) is 1. The number of piperidine rings is 1. The third kappa shape index (κ3) is 4.44. The van der Waals surface area contributed by atoms with Crippen molar-refractivity contribution in [1.82, 2.24) is 4.90 Å². The lowest BCUT2D eigenvalue weighted by Crippen LogP contribution is -2.42. The van der Waals surface area contributed by atoms with Crippen LogP contribution in [0.25, 0.3) is 0 Å². The maximum atomic E-state index is 13.3. The molecule has 1 fully saturated rings. The Balaban J connectivity index is 1.71. The number of ether oxygens (including phenoxy) is 1. The van der Waals surface area contributed by atoms with Gasteiger partial charge in [0.05, 0.1) is 12.5 Å². The largest absolute Gasteiger partial charge is 0.491 e. The first-order valence-corrected chi connectivity index (χ1v) is 7.46. The summed E-state index contributed by atoms with van der Waals surface area (Å²) in [5.74, 6) is -1.62. The van der Waals surface area contributed by atoms with E-state index in [4.69, 9.17) is 9.84 Å². The van der Waals surface area contributed by atoms with Crippen molar-refractivity contribution in [2.45, 2.75) is 25.7 Å². The number of para-hydroxylation sites is 1. The number of amides is 1. The fourth-order valence-corrected chi connectivity index (χ4v) is 2.53. The summed E-state index contributed by atoms with van der Waals surface area (Å²) in [6, 6.07) is 6.13. The van der Waals surface area contributed by atoms with Crippen molar-refractivity contribution in [1.29, 1.82) is 0 Å². The molecule has 1 heterocycles. The molecule has 1 atom stereocenters. The molecule has 120 valence electrons. The van der Waals surface area contributed by atoms with Gasteiger partial charge in [0.2, 0.25) is 5.91 Å². The molecule has 22 heavy (non-hydrogen) atoms. The minimum Gasteiger partial charge on any atom is -0.491 e. The highest BCUT2D eigenvalue weighted by molar-refractivity contribution is 5.78. The van der Waals surface area contributed by atoms with Gasteiger partial charge in [-0.25, -0.2) is 4.39 Å². The van der Waals surface area contributed by atoms with Crippen LogP contribution in [0.5, 0.6) is 5.75 Å². The zero-order valence-corrected chi connectivity index (χ0v) is 12.3. The van der Waals surface area contributed by atoms with E-state index in [1.54, 1.807) is 23.1 Å². The van der Waals surface area contributed by atoms with Gasteiger partial charge in [-0.1, -0.05) is 12.1 Å². The summed E-state index contributed by atoms with van der Waals surface area (Å²) in [5, 5.41) is 9.01. The zero-order chi connectivity index (χ0) is 15.9. The molecule has 1 saturated heterocycles. The van der Waals surface area contributed by atoms with Crippen LogP contribution in [0.4, 0.5) is 4.39 Å². The van der Waals surface area contributed by atoms with Gasteiger partial charge < -0.3 is 14.7 Å². The Morgan fingerprint density at radius 2 is 2.14 bits per heavy atom. The van der Waals surface area contributed by atoms with Gasteiger partial charge in [-0.3, -0.25) is 9.59 Å². The minimum atomic E-state index is -0.847. The van der Waals surface area contributed by atoms with Crippen LogP contribution < -0.4 is 4.74 Å². The van der Waals surface area contributed by atoms with E-state index >= 15 is 0 Å². The average molecular weight is 309 g/mol. The van der Waals surface area contributed by atoms with Crippen molar-refractivity contribution in [3.8, 4) is 5.75 Å². The van der Waals surface area contributed by atoms with Gasteiger partial charge in [-0.2, -0.15) is 0 Å². The summed E-state index contributed by atoms with van der Waals surface area (Å²) in [5.41, 5.74) is 0. The maximum absolute atomic E-state index is 13.3. The van der Waals surface area contributed by atoms with E-state index in [1.165, 1.54) is 6.07 Å². The Kier molecular flexibility index (Phi) is 5.75. The standard InChI is InChI=1S/C16H20FNO4/c17-13-6-1-2-7-14(13)22-10-4-8-15(19)18-9-3-5-12(11-18)16(20)21/h1-2,6-7,12H,3-5,8-11H2,(H,20,21)/t12-/m0/s1. The summed E-state index contributed by atoms with van der Waals surface area (Å²) in [4.78, 5) is 24.6. The van der Waals surface area contributed by atoms with E-state index in [0.717, 1.165) is 0 Å². The average Bonchev–Trinajstić information content (AvgIpc) is 2.53. The highest BCUT2D eigenvalue weighted by atomic mass is 19.1. The van der Waals surface area contributed by atoms with E-state index < -0.39 is 17.7 Å². The van der Waals surface area contributed by atoms with Crippen LogP contribution in [0.3, 0.4) is 0 Å². The molecule has 0 saturated carbocycles. The Bertz CT molecular complexity index is 535. The second-order valence-corrected chi connectivity index (χ2v) is 5.40. The van der Waals surface area contributed by atoms with Crippen molar-refractivity contribution in [3.05, 3.63) is 30.1 Å². The van der Waals surface area contributed by atoms with Gasteiger partial charge in [0, 0.05) is 19.5 Å². The van der Waals surface area contributed by atoms with Crippen LogP contribution >= 0.6 is 0 Å². The number of aliphatic carboxylic acids is 1. The number of carbonyl (C=O) groups excluding carboxylic acids is 1. The number of rotatable bonds is 6. The number of carboxylic acids is 1. The first-order chi connectivity index (χ1) is 10.6. The molecule has 0 bridgehead atoms. The predicted octanol–water partition coefficient (Wildman–Crippen LogP) is 2.31. The van der Waals surface area contributed by atoms with Gasteiger partial charge in [0.25, 0.3) is 0 Å². The normalized spacial score (nSPS) is 18.0. The van der Waals surface area contributed by atoms with Gasteiger partial charge in [0.15, 0.2) is 11.6 Å². The number of benzene rings is 1. The van der Waals surface area contributed by atoms with Gasteiger partial charge >= 0.3 is 5.97 Å². The third-order valence-corrected chi connectivity index (χ3v) is 3.75. The summed E-state index contributed by atoms with van der Waals surface area (Å²) < 4.78 is 18.6. The Morgan fingerprint density at radius 1 is 1.36 bits per heavy atom. The Morgan fingerprint density at radius 3 is 2.86 bits per heavy atom. The van der Waals surface area contributed by atoms with E-state index in [2.05, 4.69) is 0 Å². The van der Waals surface area contributed by atoms with Crippen LogP contribution in [0.15, 0.2) is 24.3 Å². The molecular formula is C16H20FNO4. The molecule has 1 aromatic rings. The van der Waals surface area contributed by atoms with Crippen LogP contribution in [0.1, 0.15) is 25.7 Å². The molecule has 0 aliphatic carbocycles. The van der Waals surface area contributed by atoms with Gasteiger partial charge in [-0.15, -0.1) is 0 Å². The van der Waals surface area contributed by atoms with E-state index in [9.17, 15) is 14.0 Å². The second-order valence-electron chi connectivity index (χ2n) is 5.40. The zero-order valence-electron chi connectivity index (χ0n) is 12.3. The molecule has 1 aliphatic rings. The van der Waals surface area contributed by atoms with E-state index in [1.807, 2.05) is 0 Å². The lowest BCUT2D eigenvalue weighted by molar-refractivity contribution is -0.145. The van der Waals surface area contributed by atoms with Gasteiger partial charge in [-0.05, 0) is 31.4 Å². The van der Waals surface area contributed by atoms with E-state index in [0.29, 0.717) is 25.8 Å². The molecule has 0 radical (unpaired) electrons. The molecule has 0 unspecified atom stereocenters. The highest BCUT2D eigenvalue weighted by Crippen LogP contribution is 2.18. The second kappa shape index (κ2) is 7.77. The minimum absolute atomic E-state index is 0.0666. The smallest absolute Gasteiger partial charge is 0.308 e. The molecule has 0 aromatic heterocycles. The predicted molar refractivity (Wildman–Crippen MR) is 78.1 cm³/mol. The van der Waals surface area contributed by atoms with Crippen LogP contribution in [0.2, 0.25) is 0 Å². The first kappa shape index (κ1) is 16.3. The number of hydrogen-bond acceptors (Lipinski definition) is 3. The molecule has 0 spiro atoms. The molecule has 1 aliphatic heterocycles. The Hall–Kier alpha value is -2.11. The van der Waals surface area contributed by atoms with Crippen molar-refractivity contribution >= 4 is 11.9 Å². The number of hydrogen-bond donors (Lipinski definition) is 1. The van der Waals surface area contributed by atoms with Gasteiger partial charge in [0.1, 0.15) is 0 Å². The lowest BCUT2D eigenvalue weighted by atomic mass is 9.98. The van der Waals surface area contributed by atoms with Crippen molar-refractivity contribution < 1.29 is 23.8 Å². The highest BCUT2D eigenvalue weighted by Gasteiger charge is 2.27. The maximum Gasteiger partial charge on any atom is 0.308 e. The fourth-order valence-electron chi connectivity index (χ4n) is 2.53. The van der Waals surface area contributed by atoms with Crippen LogP contribution in [-0.4, -0.2) is 41.6 Å². The third-order valence-electron chi connectivity index (χ3n) is 3.75. The monoisotopic (exact) mass is 309 g/mol. The number of carbonyl (C=O) groups is 2. The molecule has 2 rings (SSSR count). The lowest BCUT2D eigenvalue weighted by Gasteiger charge is -2.30. The van der Waals surface area contributed by atoms with Crippen LogP contribution in [-0.2, 0) is 9.59 Å². The van der Waals surface area contributed by atoms with E-state index in [-0.39, 0.29) is 31.2 Å². The molecule has 6 heteroatoms. The van der Waals surface area contributed by atoms with Crippen molar-refractivity contribution in [3.63, 3.8) is 0 Å². The first-order valence-electron chi connectivity index (χ1n) is 7.46. The topological polar surface area (TPSA) is 66.8 Å². The van der Waals surface area contributed by atoms with Crippen LogP contribution in [0, 0.1) is 11.7 Å². The molecule has 1 N–H and O–H groups in total. The summed E-state index contributed by atoms with van der Waals surface area (Å²) in [7, 11) is 0. The SMILES string of the molecule is O=C(O)[C@H]1CCCN(C(=O)CCCOc2ccccc2F)C1. The number of carboxylic acid groups (broad SMARTS) is 1. The Labute approximate surface area is 128 Å². The quantitative estimate of drug-likeness (QED) is 0.819. The molecule has 1 aromatic carbocycles. The summed E-state index contributed by atoms with van der Waals surface area (Å²) >= 11 is 0. The fraction of sp³-hybridized carbons (Fsp3) is 0.500. The number of halogens is 1. The summed E-state index contributed by atoms with van der Waals surface area (Å²) in [6.07, 6.45) is 2.09. The van der Waals surface area contributed by atoms with Crippen molar-refractivity contribution in [2.24, 2.45) is 5.92 Å². The number of nitrogens with zero attached hydrogens (tertiary/aromatic N) is 1. The molecular weight excluding hydrogens is 289 g/mol. The van der Waals surface area contributed by atoms with Crippen molar-refractivity contribution in [2.75, 3.05) is 19.7 Å². The summed E-state index contributed by atoms with van der Waals surface area (Å²) in [6.45, 7) is 1.14.